The number of benzene rings is 2. The number of Topliss-reactive ketones (excluding diaryl/α,β-unsaturated/α-hetero) is 1. The van der Waals surface area contributed by atoms with E-state index in [0.717, 1.165) is 5.56 Å². The standard InChI is InChI=1S/C15H13IO2/c16-13(14(17)11-7-3-1-4-8-11)15(18)12-9-5-2-6-10-12/h1-10,13-14,17H/t13-,14-/m1/s1. The number of aliphatic hydroxyl groups excluding tert-OH is 1. The summed E-state index contributed by atoms with van der Waals surface area (Å²) in [6.07, 6.45) is -0.778. The van der Waals surface area contributed by atoms with E-state index in [4.69, 9.17) is 0 Å². The first-order valence-electron chi connectivity index (χ1n) is 5.66. The number of halogens is 1. The number of hydrogen-bond acceptors (Lipinski definition) is 2. The van der Waals surface area contributed by atoms with Crippen molar-refractivity contribution in [2.24, 2.45) is 0 Å². The molecule has 0 saturated carbocycles. The van der Waals surface area contributed by atoms with E-state index in [-0.39, 0.29) is 5.78 Å². The molecule has 0 radical (unpaired) electrons. The van der Waals surface area contributed by atoms with Crippen LogP contribution in [0.4, 0.5) is 0 Å². The van der Waals surface area contributed by atoms with E-state index in [0.29, 0.717) is 5.56 Å². The van der Waals surface area contributed by atoms with Gasteiger partial charge >= 0.3 is 0 Å². The first-order valence-corrected chi connectivity index (χ1v) is 6.91. The Hall–Kier alpha value is -1.20. The van der Waals surface area contributed by atoms with E-state index >= 15 is 0 Å². The summed E-state index contributed by atoms with van der Waals surface area (Å²) >= 11 is 2.00. The van der Waals surface area contributed by atoms with Crippen LogP contribution < -0.4 is 0 Å². The molecule has 0 aliphatic rings. The van der Waals surface area contributed by atoms with Crippen LogP contribution in [0.5, 0.6) is 0 Å². The highest BCUT2D eigenvalue weighted by atomic mass is 127. The fraction of sp³-hybridized carbons (Fsp3) is 0.133. The predicted octanol–water partition coefficient (Wildman–Crippen LogP) is 3.41. The van der Waals surface area contributed by atoms with Gasteiger partial charge in [-0.05, 0) is 5.56 Å². The summed E-state index contributed by atoms with van der Waals surface area (Å²) in [6.45, 7) is 0. The molecule has 2 nitrogen and oxygen atoms in total. The maximum absolute atomic E-state index is 12.2. The Morgan fingerprint density at radius 2 is 1.44 bits per heavy atom. The Morgan fingerprint density at radius 1 is 0.944 bits per heavy atom. The maximum atomic E-state index is 12.2. The van der Waals surface area contributed by atoms with Crippen molar-refractivity contribution >= 4 is 28.4 Å². The van der Waals surface area contributed by atoms with Crippen LogP contribution in [0.1, 0.15) is 22.0 Å². The van der Waals surface area contributed by atoms with Gasteiger partial charge in [0, 0.05) is 5.56 Å². The van der Waals surface area contributed by atoms with Crippen LogP contribution in [-0.4, -0.2) is 14.8 Å². The van der Waals surface area contributed by atoms with Gasteiger partial charge in [-0.1, -0.05) is 83.3 Å². The highest BCUT2D eigenvalue weighted by molar-refractivity contribution is 14.1. The minimum absolute atomic E-state index is 0.0486. The van der Waals surface area contributed by atoms with Crippen molar-refractivity contribution in [2.45, 2.75) is 10.0 Å². The van der Waals surface area contributed by atoms with E-state index in [1.54, 1.807) is 12.1 Å². The van der Waals surface area contributed by atoms with E-state index in [1.165, 1.54) is 0 Å². The van der Waals surface area contributed by atoms with Gasteiger partial charge in [0.25, 0.3) is 0 Å². The first-order chi connectivity index (χ1) is 8.70. The van der Waals surface area contributed by atoms with Crippen molar-refractivity contribution < 1.29 is 9.90 Å². The second kappa shape index (κ2) is 6.11. The van der Waals surface area contributed by atoms with E-state index in [2.05, 4.69) is 0 Å². The Bertz CT molecular complexity index is 511. The molecular formula is C15H13IO2. The zero-order chi connectivity index (χ0) is 13.0. The monoisotopic (exact) mass is 352 g/mol. The molecule has 0 bridgehead atoms. The van der Waals surface area contributed by atoms with Gasteiger partial charge in [-0.3, -0.25) is 4.79 Å². The van der Waals surface area contributed by atoms with Crippen LogP contribution in [0.3, 0.4) is 0 Å². The number of carbonyl (C=O) groups is 1. The molecule has 0 spiro atoms. The molecule has 0 aromatic heterocycles. The van der Waals surface area contributed by atoms with Crippen molar-refractivity contribution in [3.05, 3.63) is 71.8 Å². The number of hydrogen-bond donors (Lipinski definition) is 1. The molecule has 1 N–H and O–H groups in total. The summed E-state index contributed by atoms with van der Waals surface area (Å²) in [6, 6.07) is 18.3. The largest absolute Gasteiger partial charge is 0.387 e. The molecule has 92 valence electrons. The van der Waals surface area contributed by atoms with E-state index in [9.17, 15) is 9.90 Å². The third-order valence-corrected chi connectivity index (χ3v) is 3.97. The van der Waals surface area contributed by atoms with Crippen LogP contribution >= 0.6 is 22.6 Å². The third kappa shape index (κ3) is 2.97. The summed E-state index contributed by atoms with van der Waals surface area (Å²) in [5.74, 6) is -0.0486. The second-order valence-corrected chi connectivity index (χ2v) is 5.33. The minimum atomic E-state index is -0.778. The second-order valence-electron chi connectivity index (χ2n) is 3.99. The Morgan fingerprint density at radius 3 is 2.00 bits per heavy atom. The molecule has 0 fully saturated rings. The van der Waals surface area contributed by atoms with Gasteiger partial charge in [0.05, 0.1) is 6.10 Å². The molecule has 0 unspecified atom stereocenters. The molecule has 0 saturated heterocycles. The summed E-state index contributed by atoms with van der Waals surface area (Å²) < 4.78 is -0.479. The number of carbonyl (C=O) groups excluding carboxylic acids is 1. The lowest BCUT2D eigenvalue weighted by Gasteiger charge is -2.16. The average Bonchev–Trinajstić information content (AvgIpc) is 2.47. The normalized spacial score (nSPS) is 13.9. The minimum Gasteiger partial charge on any atom is -0.387 e. The number of alkyl halides is 1. The highest BCUT2D eigenvalue weighted by Gasteiger charge is 2.25. The molecular weight excluding hydrogens is 339 g/mol. The molecule has 0 aliphatic carbocycles. The third-order valence-electron chi connectivity index (χ3n) is 2.73. The van der Waals surface area contributed by atoms with Crippen molar-refractivity contribution in [1.29, 1.82) is 0 Å². The molecule has 0 aliphatic heterocycles. The Labute approximate surface area is 120 Å². The van der Waals surface area contributed by atoms with Crippen molar-refractivity contribution in [3.8, 4) is 0 Å². The lowest BCUT2D eigenvalue weighted by molar-refractivity contribution is 0.0910. The number of ketones is 1. The molecule has 18 heavy (non-hydrogen) atoms. The summed E-state index contributed by atoms with van der Waals surface area (Å²) in [4.78, 5) is 12.2. The van der Waals surface area contributed by atoms with Crippen molar-refractivity contribution in [3.63, 3.8) is 0 Å². The van der Waals surface area contributed by atoms with Crippen LogP contribution in [-0.2, 0) is 0 Å². The lowest BCUT2D eigenvalue weighted by atomic mass is 10.0. The van der Waals surface area contributed by atoms with Gasteiger partial charge in [0.2, 0.25) is 0 Å². The van der Waals surface area contributed by atoms with Gasteiger partial charge in [-0.25, -0.2) is 0 Å². The maximum Gasteiger partial charge on any atom is 0.178 e. The van der Waals surface area contributed by atoms with Gasteiger partial charge in [0.15, 0.2) is 5.78 Å². The quantitative estimate of drug-likeness (QED) is 0.520. The van der Waals surface area contributed by atoms with Crippen molar-refractivity contribution in [2.75, 3.05) is 0 Å². The van der Waals surface area contributed by atoms with Crippen LogP contribution in [0.2, 0.25) is 0 Å². The predicted molar refractivity (Wildman–Crippen MR) is 80.0 cm³/mol. The van der Waals surface area contributed by atoms with Gasteiger partial charge < -0.3 is 5.11 Å². The van der Waals surface area contributed by atoms with Crippen LogP contribution in [0.15, 0.2) is 60.7 Å². The summed E-state index contributed by atoms with van der Waals surface area (Å²) in [5, 5.41) is 10.2. The van der Waals surface area contributed by atoms with E-state index in [1.807, 2.05) is 71.1 Å². The van der Waals surface area contributed by atoms with Gasteiger partial charge in [-0.2, -0.15) is 0 Å². The summed E-state index contributed by atoms with van der Waals surface area (Å²) in [7, 11) is 0. The Balaban J connectivity index is 2.17. The fourth-order valence-electron chi connectivity index (χ4n) is 1.72. The molecule has 2 aromatic carbocycles. The Kier molecular flexibility index (Phi) is 4.49. The zero-order valence-electron chi connectivity index (χ0n) is 9.66. The molecule has 3 heteroatoms. The highest BCUT2D eigenvalue weighted by Crippen LogP contribution is 2.25. The summed E-state index contributed by atoms with van der Waals surface area (Å²) in [5.41, 5.74) is 1.40. The van der Waals surface area contributed by atoms with Crippen LogP contribution in [0.25, 0.3) is 0 Å². The molecule has 2 aromatic rings. The van der Waals surface area contributed by atoms with Gasteiger partial charge in [-0.15, -0.1) is 0 Å². The topological polar surface area (TPSA) is 37.3 Å². The molecule has 2 rings (SSSR count). The van der Waals surface area contributed by atoms with Crippen molar-refractivity contribution in [1.82, 2.24) is 0 Å². The number of aliphatic hydroxyl groups is 1. The molecule has 0 amide bonds. The average molecular weight is 352 g/mol. The van der Waals surface area contributed by atoms with Gasteiger partial charge in [0.1, 0.15) is 3.92 Å². The zero-order valence-corrected chi connectivity index (χ0v) is 11.8. The fourth-order valence-corrected chi connectivity index (χ4v) is 2.50. The SMILES string of the molecule is O=C(c1ccccc1)[C@H](I)[C@H](O)c1ccccc1. The molecule has 2 atom stereocenters. The number of rotatable bonds is 4. The first kappa shape index (κ1) is 13.2. The lowest BCUT2D eigenvalue weighted by Crippen LogP contribution is -2.22. The smallest absolute Gasteiger partial charge is 0.178 e. The van der Waals surface area contributed by atoms with Crippen LogP contribution in [0, 0.1) is 0 Å². The molecule has 0 heterocycles. The van der Waals surface area contributed by atoms with E-state index < -0.39 is 10.0 Å².